The summed E-state index contributed by atoms with van der Waals surface area (Å²) in [6, 6.07) is 0. The predicted octanol–water partition coefficient (Wildman–Crippen LogP) is 1.20. The van der Waals surface area contributed by atoms with E-state index in [1.807, 2.05) is 20.8 Å². The SMILES string of the molecule is CCOC(C)(C)CC(O)COC. The van der Waals surface area contributed by atoms with Crippen molar-refractivity contribution in [3.8, 4) is 0 Å². The molecule has 0 aliphatic carbocycles. The maximum atomic E-state index is 9.41. The summed E-state index contributed by atoms with van der Waals surface area (Å²) >= 11 is 0. The second-order valence-corrected chi connectivity index (χ2v) is 3.51. The van der Waals surface area contributed by atoms with Gasteiger partial charge < -0.3 is 14.6 Å². The minimum absolute atomic E-state index is 0.257. The quantitative estimate of drug-likeness (QED) is 0.661. The van der Waals surface area contributed by atoms with Crippen molar-refractivity contribution in [3.63, 3.8) is 0 Å². The van der Waals surface area contributed by atoms with Crippen molar-refractivity contribution < 1.29 is 14.6 Å². The van der Waals surface area contributed by atoms with Gasteiger partial charge in [0.25, 0.3) is 0 Å². The van der Waals surface area contributed by atoms with E-state index < -0.39 is 6.10 Å². The van der Waals surface area contributed by atoms with Gasteiger partial charge in [0.15, 0.2) is 0 Å². The normalized spacial score (nSPS) is 14.8. The Morgan fingerprint density at radius 3 is 2.42 bits per heavy atom. The van der Waals surface area contributed by atoms with Crippen LogP contribution in [0.5, 0.6) is 0 Å². The number of ether oxygens (including phenoxy) is 2. The summed E-state index contributed by atoms with van der Waals surface area (Å²) in [6.07, 6.45) is 0.172. The van der Waals surface area contributed by atoms with E-state index in [9.17, 15) is 5.11 Å². The highest BCUT2D eigenvalue weighted by molar-refractivity contribution is 4.73. The summed E-state index contributed by atoms with van der Waals surface area (Å²) in [6.45, 7) is 6.93. The molecule has 74 valence electrons. The Hall–Kier alpha value is -0.120. The van der Waals surface area contributed by atoms with Crippen molar-refractivity contribution >= 4 is 0 Å². The largest absolute Gasteiger partial charge is 0.391 e. The number of rotatable bonds is 6. The lowest BCUT2D eigenvalue weighted by molar-refractivity contribution is -0.0567. The molecule has 0 aromatic rings. The zero-order chi connectivity index (χ0) is 9.61. The maximum Gasteiger partial charge on any atom is 0.0800 e. The predicted molar refractivity (Wildman–Crippen MR) is 48.2 cm³/mol. The molecular weight excluding hydrogens is 156 g/mol. The summed E-state index contributed by atoms with van der Waals surface area (Å²) in [5, 5.41) is 9.41. The van der Waals surface area contributed by atoms with Gasteiger partial charge in [-0.1, -0.05) is 0 Å². The van der Waals surface area contributed by atoms with Gasteiger partial charge >= 0.3 is 0 Å². The minimum atomic E-state index is -0.434. The van der Waals surface area contributed by atoms with Gasteiger partial charge in [-0.3, -0.25) is 0 Å². The van der Waals surface area contributed by atoms with E-state index >= 15 is 0 Å². The lowest BCUT2D eigenvalue weighted by Crippen LogP contribution is -2.32. The van der Waals surface area contributed by atoms with E-state index in [4.69, 9.17) is 9.47 Å². The van der Waals surface area contributed by atoms with Gasteiger partial charge in [0.2, 0.25) is 0 Å². The van der Waals surface area contributed by atoms with Gasteiger partial charge in [-0.15, -0.1) is 0 Å². The fourth-order valence-corrected chi connectivity index (χ4v) is 1.27. The van der Waals surface area contributed by atoms with E-state index in [1.165, 1.54) is 0 Å². The first-order valence-electron chi connectivity index (χ1n) is 4.33. The van der Waals surface area contributed by atoms with Crippen LogP contribution in [0.1, 0.15) is 27.2 Å². The molecule has 1 unspecified atom stereocenters. The summed E-state index contributed by atoms with van der Waals surface area (Å²) in [4.78, 5) is 0. The fraction of sp³-hybridized carbons (Fsp3) is 1.00. The van der Waals surface area contributed by atoms with E-state index in [0.29, 0.717) is 19.6 Å². The maximum absolute atomic E-state index is 9.41. The molecule has 0 spiro atoms. The van der Waals surface area contributed by atoms with Gasteiger partial charge in [-0.2, -0.15) is 0 Å². The zero-order valence-electron chi connectivity index (χ0n) is 8.46. The van der Waals surface area contributed by atoms with Crippen LogP contribution in [0, 0.1) is 0 Å². The minimum Gasteiger partial charge on any atom is -0.391 e. The van der Waals surface area contributed by atoms with E-state index in [0.717, 1.165) is 0 Å². The molecule has 3 nitrogen and oxygen atoms in total. The summed E-state index contributed by atoms with van der Waals surface area (Å²) in [5.74, 6) is 0. The van der Waals surface area contributed by atoms with Gasteiger partial charge in [-0.25, -0.2) is 0 Å². The number of hydrogen-bond acceptors (Lipinski definition) is 3. The molecular formula is C9H20O3. The molecule has 0 amide bonds. The van der Waals surface area contributed by atoms with Crippen LogP contribution in [-0.2, 0) is 9.47 Å². The van der Waals surface area contributed by atoms with Crippen molar-refractivity contribution in [2.24, 2.45) is 0 Å². The summed E-state index contributed by atoms with van der Waals surface area (Å²) < 4.78 is 10.3. The first-order chi connectivity index (χ1) is 5.52. The van der Waals surface area contributed by atoms with E-state index in [-0.39, 0.29) is 5.60 Å². The highest BCUT2D eigenvalue weighted by Crippen LogP contribution is 2.16. The lowest BCUT2D eigenvalue weighted by atomic mass is 10.0. The second kappa shape index (κ2) is 5.51. The van der Waals surface area contributed by atoms with E-state index in [1.54, 1.807) is 7.11 Å². The van der Waals surface area contributed by atoms with Crippen LogP contribution in [0.2, 0.25) is 0 Å². The molecule has 0 saturated heterocycles. The molecule has 0 aromatic carbocycles. The van der Waals surface area contributed by atoms with Crippen LogP contribution >= 0.6 is 0 Å². The molecule has 0 aromatic heterocycles. The molecule has 0 fully saturated rings. The molecule has 0 radical (unpaired) electrons. The Morgan fingerprint density at radius 1 is 1.42 bits per heavy atom. The average molecular weight is 176 g/mol. The molecule has 0 bridgehead atoms. The highest BCUT2D eigenvalue weighted by Gasteiger charge is 2.21. The van der Waals surface area contributed by atoms with Crippen LogP contribution in [0.3, 0.4) is 0 Å². The van der Waals surface area contributed by atoms with Crippen LogP contribution in [-0.4, -0.2) is 37.1 Å². The molecule has 0 rings (SSSR count). The monoisotopic (exact) mass is 176 g/mol. The van der Waals surface area contributed by atoms with Gasteiger partial charge in [-0.05, 0) is 20.8 Å². The average Bonchev–Trinajstić information content (AvgIpc) is 1.85. The Labute approximate surface area is 74.7 Å². The standard InChI is InChI=1S/C9H20O3/c1-5-12-9(2,3)6-8(10)7-11-4/h8,10H,5-7H2,1-4H3. The lowest BCUT2D eigenvalue weighted by Gasteiger charge is -2.26. The van der Waals surface area contributed by atoms with E-state index in [2.05, 4.69) is 0 Å². The Morgan fingerprint density at radius 2 is 2.00 bits per heavy atom. The van der Waals surface area contributed by atoms with Crippen LogP contribution in [0.25, 0.3) is 0 Å². The third-order valence-electron chi connectivity index (χ3n) is 1.62. The molecule has 0 aliphatic heterocycles. The molecule has 1 atom stereocenters. The smallest absolute Gasteiger partial charge is 0.0800 e. The fourth-order valence-electron chi connectivity index (χ4n) is 1.27. The highest BCUT2D eigenvalue weighted by atomic mass is 16.5. The summed E-state index contributed by atoms with van der Waals surface area (Å²) in [7, 11) is 1.58. The van der Waals surface area contributed by atoms with Gasteiger partial charge in [0.05, 0.1) is 18.3 Å². The molecule has 0 heterocycles. The Kier molecular flexibility index (Phi) is 5.46. The molecule has 0 saturated carbocycles. The van der Waals surface area contributed by atoms with Crippen molar-refractivity contribution in [1.29, 1.82) is 0 Å². The van der Waals surface area contributed by atoms with Gasteiger partial charge in [0, 0.05) is 20.1 Å². The van der Waals surface area contributed by atoms with Crippen molar-refractivity contribution in [3.05, 3.63) is 0 Å². The van der Waals surface area contributed by atoms with Crippen molar-refractivity contribution in [2.75, 3.05) is 20.3 Å². The second-order valence-electron chi connectivity index (χ2n) is 3.51. The van der Waals surface area contributed by atoms with Gasteiger partial charge in [0.1, 0.15) is 0 Å². The van der Waals surface area contributed by atoms with Crippen molar-refractivity contribution in [1.82, 2.24) is 0 Å². The Bertz CT molecular complexity index is 112. The summed E-state index contributed by atoms with van der Waals surface area (Å²) in [5.41, 5.74) is -0.257. The molecule has 3 heteroatoms. The third kappa shape index (κ3) is 5.52. The number of aliphatic hydroxyl groups is 1. The number of aliphatic hydroxyl groups excluding tert-OH is 1. The Balaban J connectivity index is 3.70. The topological polar surface area (TPSA) is 38.7 Å². The van der Waals surface area contributed by atoms with Crippen LogP contribution in [0.15, 0.2) is 0 Å². The number of hydrogen-bond donors (Lipinski definition) is 1. The van der Waals surface area contributed by atoms with Crippen molar-refractivity contribution in [2.45, 2.75) is 38.9 Å². The third-order valence-corrected chi connectivity index (χ3v) is 1.62. The zero-order valence-corrected chi connectivity index (χ0v) is 8.46. The molecule has 1 N–H and O–H groups in total. The first-order valence-corrected chi connectivity index (χ1v) is 4.33. The first kappa shape index (κ1) is 11.9. The number of methoxy groups -OCH3 is 1. The van der Waals surface area contributed by atoms with Crippen LogP contribution in [0.4, 0.5) is 0 Å². The van der Waals surface area contributed by atoms with Crippen LogP contribution < -0.4 is 0 Å². The molecule has 0 aliphatic rings. The molecule has 12 heavy (non-hydrogen) atoms.